The molecule has 0 saturated carbocycles. The highest BCUT2D eigenvalue weighted by atomic mass is 16.4. The summed E-state index contributed by atoms with van der Waals surface area (Å²) in [7, 11) is 0. The number of primary amides is 1. The maximum Gasteiger partial charge on any atom is 0.326 e. The molecule has 1 unspecified atom stereocenters. The molecule has 5 N–H and O–H groups in total. The van der Waals surface area contributed by atoms with Crippen molar-refractivity contribution in [1.82, 2.24) is 10.6 Å². The van der Waals surface area contributed by atoms with E-state index in [0.29, 0.717) is 32.2 Å². The molecule has 0 aromatic carbocycles. The number of carbonyl (C=O) groups is 3. The van der Waals surface area contributed by atoms with Gasteiger partial charge in [0.15, 0.2) is 0 Å². The lowest BCUT2D eigenvalue weighted by Gasteiger charge is -2.13. The first-order valence-electron chi connectivity index (χ1n) is 6.02. The molecule has 7 heteroatoms. The van der Waals surface area contributed by atoms with Crippen LogP contribution in [0.15, 0.2) is 0 Å². The van der Waals surface area contributed by atoms with Crippen molar-refractivity contribution in [2.45, 2.75) is 45.1 Å². The van der Waals surface area contributed by atoms with E-state index < -0.39 is 18.0 Å². The molecule has 0 fully saturated rings. The van der Waals surface area contributed by atoms with E-state index in [9.17, 15) is 14.4 Å². The van der Waals surface area contributed by atoms with Crippen molar-refractivity contribution in [1.29, 1.82) is 0 Å². The second-order valence-corrected chi connectivity index (χ2v) is 4.00. The first kappa shape index (κ1) is 16.2. The Kier molecular flexibility index (Phi) is 8.34. The zero-order valence-corrected chi connectivity index (χ0v) is 10.6. The van der Waals surface area contributed by atoms with Crippen LogP contribution in [0, 0.1) is 0 Å². The highest BCUT2D eigenvalue weighted by molar-refractivity contribution is 5.83. The average molecular weight is 259 g/mol. The third kappa shape index (κ3) is 8.37. The molecule has 104 valence electrons. The molecule has 3 amide bonds. The van der Waals surface area contributed by atoms with Crippen molar-refractivity contribution in [3.05, 3.63) is 0 Å². The summed E-state index contributed by atoms with van der Waals surface area (Å²) in [4.78, 5) is 32.6. The smallest absolute Gasteiger partial charge is 0.326 e. The van der Waals surface area contributed by atoms with E-state index in [1.807, 2.05) is 6.92 Å². The number of unbranched alkanes of at least 4 members (excludes halogenated alkanes) is 1. The summed E-state index contributed by atoms with van der Waals surface area (Å²) in [6, 6.07) is -1.40. The van der Waals surface area contributed by atoms with E-state index >= 15 is 0 Å². The number of carboxylic acids is 1. The molecule has 0 bridgehead atoms. The van der Waals surface area contributed by atoms with Crippen molar-refractivity contribution in [2.24, 2.45) is 5.73 Å². The second-order valence-electron chi connectivity index (χ2n) is 4.00. The third-order valence-corrected chi connectivity index (χ3v) is 2.34. The van der Waals surface area contributed by atoms with Gasteiger partial charge in [-0.2, -0.15) is 0 Å². The number of hydrogen-bond donors (Lipinski definition) is 4. The molecule has 0 rings (SSSR count). The van der Waals surface area contributed by atoms with Crippen molar-refractivity contribution in [3.8, 4) is 0 Å². The maximum absolute atomic E-state index is 11.4. The van der Waals surface area contributed by atoms with Crippen molar-refractivity contribution in [2.75, 3.05) is 6.54 Å². The standard InChI is InChI=1S/C11H21N3O4/c1-2-5-8(10(16)17)14-9(15)6-3-4-7-13-11(12)18/h8H,2-7H2,1H3,(H,14,15)(H,16,17)(H3,12,13,18). The largest absolute Gasteiger partial charge is 0.480 e. The minimum atomic E-state index is -1.01. The summed E-state index contributed by atoms with van der Waals surface area (Å²) in [5, 5.41) is 13.7. The lowest BCUT2D eigenvalue weighted by Crippen LogP contribution is -2.40. The Morgan fingerprint density at radius 2 is 1.94 bits per heavy atom. The zero-order valence-electron chi connectivity index (χ0n) is 10.6. The Morgan fingerprint density at radius 3 is 2.44 bits per heavy atom. The second kappa shape index (κ2) is 9.26. The van der Waals surface area contributed by atoms with E-state index in [4.69, 9.17) is 10.8 Å². The molecule has 0 aliphatic rings. The monoisotopic (exact) mass is 259 g/mol. The van der Waals surface area contributed by atoms with Crippen molar-refractivity contribution >= 4 is 17.9 Å². The Balaban J connectivity index is 3.74. The van der Waals surface area contributed by atoms with Gasteiger partial charge in [-0.05, 0) is 19.3 Å². The van der Waals surface area contributed by atoms with Gasteiger partial charge in [0, 0.05) is 13.0 Å². The molecule has 0 aliphatic heterocycles. The zero-order chi connectivity index (χ0) is 14.0. The van der Waals surface area contributed by atoms with Crippen LogP contribution in [0.25, 0.3) is 0 Å². The van der Waals surface area contributed by atoms with Gasteiger partial charge >= 0.3 is 12.0 Å². The molecule has 18 heavy (non-hydrogen) atoms. The lowest BCUT2D eigenvalue weighted by atomic mass is 10.1. The Bertz CT molecular complexity index is 294. The van der Waals surface area contributed by atoms with Crippen LogP contribution < -0.4 is 16.4 Å². The number of aliphatic carboxylic acids is 1. The Hall–Kier alpha value is -1.79. The number of hydrogen-bond acceptors (Lipinski definition) is 3. The fourth-order valence-electron chi connectivity index (χ4n) is 1.43. The summed E-state index contributed by atoms with van der Waals surface area (Å²) in [5.41, 5.74) is 4.87. The Morgan fingerprint density at radius 1 is 1.28 bits per heavy atom. The van der Waals surface area contributed by atoms with E-state index in [0.717, 1.165) is 0 Å². The number of urea groups is 1. The highest BCUT2D eigenvalue weighted by Crippen LogP contribution is 2.00. The van der Waals surface area contributed by atoms with Crippen LogP contribution in [0.2, 0.25) is 0 Å². The van der Waals surface area contributed by atoms with Gasteiger partial charge in [-0.3, -0.25) is 4.79 Å². The minimum absolute atomic E-state index is 0.244. The molecule has 0 saturated heterocycles. The first-order chi connectivity index (χ1) is 8.47. The molecule has 1 atom stereocenters. The fraction of sp³-hybridized carbons (Fsp3) is 0.727. The molecular formula is C11H21N3O4. The van der Waals surface area contributed by atoms with Crippen LogP contribution in [0.4, 0.5) is 4.79 Å². The van der Waals surface area contributed by atoms with E-state index in [1.54, 1.807) is 0 Å². The van der Waals surface area contributed by atoms with Gasteiger partial charge < -0.3 is 21.5 Å². The van der Waals surface area contributed by atoms with E-state index in [2.05, 4.69) is 10.6 Å². The summed E-state index contributed by atoms with van der Waals surface area (Å²) >= 11 is 0. The van der Waals surface area contributed by atoms with E-state index in [1.165, 1.54) is 0 Å². The molecule has 0 radical (unpaired) electrons. The molecule has 0 aromatic heterocycles. The summed E-state index contributed by atoms with van der Waals surface area (Å²) in [6.07, 6.45) is 2.56. The summed E-state index contributed by atoms with van der Waals surface area (Å²) in [6.45, 7) is 2.28. The van der Waals surface area contributed by atoms with Gasteiger partial charge in [0.2, 0.25) is 5.91 Å². The summed E-state index contributed by atoms with van der Waals surface area (Å²) < 4.78 is 0. The molecular weight excluding hydrogens is 238 g/mol. The molecule has 0 aliphatic carbocycles. The minimum Gasteiger partial charge on any atom is -0.480 e. The quantitative estimate of drug-likeness (QED) is 0.442. The SMILES string of the molecule is CCCC(NC(=O)CCCCNC(N)=O)C(=O)O. The van der Waals surface area contributed by atoms with Crippen LogP contribution in [0.3, 0.4) is 0 Å². The van der Waals surface area contributed by atoms with Gasteiger partial charge in [0.25, 0.3) is 0 Å². The molecule has 0 aromatic rings. The first-order valence-corrected chi connectivity index (χ1v) is 6.02. The predicted molar refractivity (Wildman–Crippen MR) is 65.9 cm³/mol. The Labute approximate surface area is 106 Å². The van der Waals surface area contributed by atoms with Gasteiger partial charge in [-0.1, -0.05) is 13.3 Å². The van der Waals surface area contributed by atoms with Gasteiger partial charge in [0.1, 0.15) is 6.04 Å². The van der Waals surface area contributed by atoms with Crippen LogP contribution in [0.1, 0.15) is 39.0 Å². The number of rotatable bonds is 9. The molecule has 0 spiro atoms. The van der Waals surface area contributed by atoms with Crippen molar-refractivity contribution in [3.63, 3.8) is 0 Å². The molecule has 7 nitrogen and oxygen atoms in total. The van der Waals surface area contributed by atoms with Crippen LogP contribution >= 0.6 is 0 Å². The third-order valence-electron chi connectivity index (χ3n) is 2.34. The topological polar surface area (TPSA) is 122 Å². The average Bonchev–Trinajstić information content (AvgIpc) is 2.27. The summed E-state index contributed by atoms with van der Waals surface area (Å²) in [5.74, 6) is -1.30. The van der Waals surface area contributed by atoms with Gasteiger partial charge in [0.05, 0.1) is 0 Å². The number of nitrogens with two attached hydrogens (primary N) is 1. The maximum atomic E-state index is 11.4. The van der Waals surface area contributed by atoms with Gasteiger partial charge in [-0.15, -0.1) is 0 Å². The fourth-order valence-corrected chi connectivity index (χ4v) is 1.43. The van der Waals surface area contributed by atoms with Gasteiger partial charge in [-0.25, -0.2) is 9.59 Å². The van der Waals surface area contributed by atoms with Crippen molar-refractivity contribution < 1.29 is 19.5 Å². The van der Waals surface area contributed by atoms with E-state index in [-0.39, 0.29) is 12.3 Å². The highest BCUT2D eigenvalue weighted by Gasteiger charge is 2.18. The number of carbonyl (C=O) groups excluding carboxylic acids is 2. The number of nitrogens with one attached hydrogen (secondary N) is 2. The van der Waals surface area contributed by atoms with Crippen LogP contribution in [-0.4, -0.2) is 35.6 Å². The molecule has 0 heterocycles. The number of amides is 3. The predicted octanol–water partition coefficient (Wildman–Crippen LogP) is 0.195. The van der Waals surface area contributed by atoms with Crippen LogP contribution in [-0.2, 0) is 9.59 Å². The normalized spacial score (nSPS) is 11.6. The lowest BCUT2D eigenvalue weighted by molar-refractivity contribution is -0.142. The van der Waals surface area contributed by atoms with Crippen LogP contribution in [0.5, 0.6) is 0 Å². The number of carboxylic acid groups (broad SMARTS) is 1.